The van der Waals surface area contributed by atoms with E-state index in [0.29, 0.717) is 19.4 Å². The van der Waals surface area contributed by atoms with E-state index >= 15 is 0 Å². The van der Waals surface area contributed by atoms with Gasteiger partial charge in [-0.05, 0) is 43.5 Å². The first-order valence-corrected chi connectivity index (χ1v) is 9.85. The highest BCUT2D eigenvalue weighted by atomic mass is 16.2. The number of carbonyl (C=O) groups is 2. The molecular formula is C22H26N4O2. The fraction of sp³-hybridized carbons (Fsp3) is 0.409. The van der Waals surface area contributed by atoms with Gasteiger partial charge in [0, 0.05) is 32.0 Å². The van der Waals surface area contributed by atoms with Crippen LogP contribution < -0.4 is 0 Å². The zero-order valence-electron chi connectivity index (χ0n) is 16.3. The van der Waals surface area contributed by atoms with Gasteiger partial charge in [0.05, 0.1) is 6.54 Å². The monoisotopic (exact) mass is 378 g/mol. The third kappa shape index (κ3) is 3.40. The molecule has 1 spiro atoms. The molecule has 4 rings (SSSR count). The molecule has 2 aliphatic heterocycles. The lowest BCUT2D eigenvalue weighted by molar-refractivity contribution is -0.135. The Kier molecular flexibility index (Phi) is 5.13. The minimum atomic E-state index is -0.708. The average molecular weight is 378 g/mol. The zero-order valence-corrected chi connectivity index (χ0v) is 16.3. The van der Waals surface area contributed by atoms with Gasteiger partial charge in [-0.1, -0.05) is 36.4 Å². The molecule has 28 heavy (non-hydrogen) atoms. The van der Waals surface area contributed by atoms with Gasteiger partial charge in [-0.25, -0.2) is 4.79 Å². The van der Waals surface area contributed by atoms with Crippen LogP contribution in [0.1, 0.15) is 24.0 Å². The van der Waals surface area contributed by atoms with Crippen molar-refractivity contribution in [3.05, 3.63) is 66.0 Å². The zero-order chi connectivity index (χ0) is 19.6. The lowest BCUT2D eigenvalue weighted by Crippen LogP contribution is -2.56. The van der Waals surface area contributed by atoms with Gasteiger partial charge < -0.3 is 9.80 Å². The Labute approximate surface area is 165 Å². The van der Waals surface area contributed by atoms with E-state index in [1.165, 1.54) is 10.5 Å². The summed E-state index contributed by atoms with van der Waals surface area (Å²) in [4.78, 5) is 36.3. The standard InChI is InChI=1S/C22H26N4O2/c1-24-14-10-22(11-15-24)20(27)25(17-19-8-5-12-23-16-19)21(28)26(22)13-9-18-6-3-2-4-7-18/h2-8,12,16H,9-11,13-15,17H2,1H3. The van der Waals surface area contributed by atoms with E-state index in [2.05, 4.69) is 29.1 Å². The van der Waals surface area contributed by atoms with Crippen molar-refractivity contribution >= 4 is 11.9 Å². The van der Waals surface area contributed by atoms with Crippen LogP contribution >= 0.6 is 0 Å². The maximum Gasteiger partial charge on any atom is 0.328 e. The first-order valence-electron chi connectivity index (χ1n) is 9.85. The van der Waals surface area contributed by atoms with Crippen molar-refractivity contribution in [2.24, 2.45) is 0 Å². The molecule has 1 aromatic carbocycles. The Morgan fingerprint density at radius 1 is 1.00 bits per heavy atom. The van der Waals surface area contributed by atoms with Gasteiger partial charge in [-0.2, -0.15) is 0 Å². The summed E-state index contributed by atoms with van der Waals surface area (Å²) in [5, 5.41) is 0. The van der Waals surface area contributed by atoms with Gasteiger partial charge >= 0.3 is 6.03 Å². The number of carbonyl (C=O) groups excluding carboxylic acids is 2. The molecule has 0 unspecified atom stereocenters. The third-order valence-electron chi connectivity index (χ3n) is 5.97. The van der Waals surface area contributed by atoms with Crippen LogP contribution in [0.4, 0.5) is 4.79 Å². The summed E-state index contributed by atoms with van der Waals surface area (Å²) in [5.41, 5.74) is 1.34. The van der Waals surface area contributed by atoms with Crippen molar-refractivity contribution in [3.63, 3.8) is 0 Å². The van der Waals surface area contributed by atoms with E-state index in [9.17, 15) is 9.59 Å². The summed E-state index contributed by atoms with van der Waals surface area (Å²) < 4.78 is 0. The van der Waals surface area contributed by atoms with Gasteiger partial charge in [0.2, 0.25) is 0 Å². The van der Waals surface area contributed by atoms with E-state index in [0.717, 1.165) is 25.1 Å². The van der Waals surface area contributed by atoms with Crippen molar-refractivity contribution < 1.29 is 9.59 Å². The highest BCUT2D eigenvalue weighted by molar-refractivity contribution is 6.07. The number of amides is 3. The van der Waals surface area contributed by atoms with Gasteiger partial charge in [-0.3, -0.25) is 14.7 Å². The SMILES string of the molecule is CN1CCC2(CC1)C(=O)N(Cc1cccnc1)C(=O)N2CCc1ccccc1. The number of hydrogen-bond donors (Lipinski definition) is 0. The minimum absolute atomic E-state index is 0.0532. The van der Waals surface area contributed by atoms with Gasteiger partial charge in [0.25, 0.3) is 5.91 Å². The van der Waals surface area contributed by atoms with Crippen molar-refractivity contribution in [1.82, 2.24) is 19.7 Å². The molecular weight excluding hydrogens is 352 g/mol. The molecule has 0 atom stereocenters. The molecule has 0 bridgehead atoms. The van der Waals surface area contributed by atoms with Gasteiger partial charge in [0.15, 0.2) is 0 Å². The van der Waals surface area contributed by atoms with Crippen LogP contribution in [0, 0.1) is 0 Å². The smallest absolute Gasteiger partial charge is 0.309 e. The van der Waals surface area contributed by atoms with E-state index in [4.69, 9.17) is 0 Å². The Morgan fingerprint density at radius 2 is 1.71 bits per heavy atom. The molecule has 2 saturated heterocycles. The van der Waals surface area contributed by atoms with Crippen LogP contribution in [0.2, 0.25) is 0 Å². The van der Waals surface area contributed by atoms with E-state index < -0.39 is 5.54 Å². The predicted molar refractivity (Wildman–Crippen MR) is 106 cm³/mol. The number of rotatable bonds is 5. The third-order valence-corrected chi connectivity index (χ3v) is 5.97. The second-order valence-electron chi connectivity index (χ2n) is 7.76. The molecule has 6 heteroatoms. The van der Waals surface area contributed by atoms with Crippen LogP contribution in [0.25, 0.3) is 0 Å². The number of benzene rings is 1. The molecule has 3 heterocycles. The number of hydrogen-bond acceptors (Lipinski definition) is 4. The number of pyridine rings is 1. The lowest BCUT2D eigenvalue weighted by Gasteiger charge is -2.41. The average Bonchev–Trinajstić information content (AvgIpc) is 2.91. The summed E-state index contributed by atoms with van der Waals surface area (Å²) in [6.07, 6.45) is 5.53. The van der Waals surface area contributed by atoms with E-state index in [1.807, 2.05) is 35.2 Å². The summed E-state index contributed by atoms with van der Waals surface area (Å²) in [6, 6.07) is 13.7. The molecule has 0 N–H and O–H groups in total. The Bertz CT molecular complexity index is 832. The van der Waals surface area contributed by atoms with Crippen molar-refractivity contribution in [3.8, 4) is 0 Å². The second kappa shape index (κ2) is 7.72. The quantitative estimate of drug-likeness (QED) is 0.751. The number of likely N-dealkylation sites (tertiary alicyclic amines) is 1. The molecule has 2 aromatic rings. The maximum absolute atomic E-state index is 13.5. The molecule has 2 fully saturated rings. The summed E-state index contributed by atoms with van der Waals surface area (Å²) in [7, 11) is 2.07. The molecule has 0 saturated carbocycles. The highest BCUT2D eigenvalue weighted by Gasteiger charge is 2.57. The molecule has 0 aliphatic carbocycles. The topological polar surface area (TPSA) is 56.8 Å². The number of imide groups is 1. The first-order chi connectivity index (χ1) is 13.6. The lowest BCUT2D eigenvalue weighted by atomic mass is 9.85. The van der Waals surface area contributed by atoms with Crippen LogP contribution in [-0.4, -0.2) is 63.8 Å². The fourth-order valence-corrected chi connectivity index (χ4v) is 4.26. The summed E-state index contributed by atoms with van der Waals surface area (Å²) >= 11 is 0. The number of urea groups is 1. The van der Waals surface area contributed by atoms with Gasteiger partial charge in [-0.15, -0.1) is 0 Å². The molecule has 6 nitrogen and oxygen atoms in total. The summed E-state index contributed by atoms with van der Waals surface area (Å²) in [6.45, 7) is 2.48. The molecule has 2 aliphatic rings. The fourth-order valence-electron chi connectivity index (χ4n) is 4.26. The van der Waals surface area contributed by atoms with E-state index in [1.54, 1.807) is 12.4 Å². The van der Waals surface area contributed by atoms with Crippen LogP contribution in [-0.2, 0) is 17.8 Å². The normalized spacial score (nSPS) is 19.6. The largest absolute Gasteiger partial charge is 0.328 e. The minimum Gasteiger partial charge on any atom is -0.309 e. The van der Waals surface area contributed by atoms with Crippen molar-refractivity contribution in [2.75, 3.05) is 26.7 Å². The van der Waals surface area contributed by atoms with Crippen LogP contribution in [0.5, 0.6) is 0 Å². The molecule has 3 amide bonds. The number of nitrogens with zero attached hydrogens (tertiary/aromatic N) is 4. The van der Waals surface area contributed by atoms with Crippen LogP contribution in [0.15, 0.2) is 54.9 Å². The number of piperidine rings is 1. The second-order valence-corrected chi connectivity index (χ2v) is 7.76. The van der Waals surface area contributed by atoms with Crippen LogP contribution in [0.3, 0.4) is 0 Å². The van der Waals surface area contributed by atoms with Crippen molar-refractivity contribution in [1.29, 1.82) is 0 Å². The number of aromatic nitrogens is 1. The molecule has 1 aromatic heterocycles. The Hall–Kier alpha value is -2.73. The Balaban J connectivity index is 1.59. The predicted octanol–water partition coefficient (Wildman–Crippen LogP) is 2.55. The Morgan fingerprint density at radius 3 is 2.39 bits per heavy atom. The maximum atomic E-state index is 13.5. The molecule has 146 valence electrons. The van der Waals surface area contributed by atoms with E-state index in [-0.39, 0.29) is 18.5 Å². The van der Waals surface area contributed by atoms with Gasteiger partial charge in [0.1, 0.15) is 5.54 Å². The first kappa shape index (κ1) is 18.6. The van der Waals surface area contributed by atoms with Crippen molar-refractivity contribution in [2.45, 2.75) is 31.3 Å². The summed E-state index contributed by atoms with van der Waals surface area (Å²) in [5.74, 6) is -0.0532. The molecule has 0 radical (unpaired) electrons. The highest BCUT2D eigenvalue weighted by Crippen LogP contribution is 2.37.